The van der Waals surface area contributed by atoms with Crippen LogP contribution in [0.15, 0.2) is 64.2 Å². The highest BCUT2D eigenvalue weighted by atomic mass is 15.4. The lowest BCUT2D eigenvalue weighted by molar-refractivity contribution is 0.744. The second-order valence-electron chi connectivity index (χ2n) is 9.14. The number of anilines is 1. The van der Waals surface area contributed by atoms with Crippen LogP contribution in [-0.4, -0.2) is 34.5 Å². The highest BCUT2D eigenvalue weighted by molar-refractivity contribution is 6.23. The average molecular weight is 454 g/mol. The molecule has 0 aliphatic carbocycles. The molecule has 0 unspecified atom stereocenters. The molecule has 176 valence electrons. The minimum atomic E-state index is 0.611. The Morgan fingerprint density at radius 3 is 2.26 bits per heavy atom. The van der Waals surface area contributed by atoms with E-state index in [9.17, 15) is 0 Å². The number of hydrogen-bond acceptors (Lipinski definition) is 4. The van der Waals surface area contributed by atoms with Crippen molar-refractivity contribution in [2.24, 2.45) is 9.98 Å². The van der Waals surface area contributed by atoms with Crippen molar-refractivity contribution in [2.45, 2.75) is 54.4 Å². The molecular weight excluding hydrogens is 418 g/mol. The maximum atomic E-state index is 4.94. The van der Waals surface area contributed by atoms with E-state index in [1.54, 1.807) is 0 Å². The first-order chi connectivity index (χ1) is 16.4. The molecule has 0 saturated heterocycles. The van der Waals surface area contributed by atoms with Crippen LogP contribution in [0, 0.1) is 27.7 Å². The molecule has 1 aliphatic heterocycles. The third kappa shape index (κ3) is 5.04. The van der Waals surface area contributed by atoms with Crippen LogP contribution in [0.3, 0.4) is 0 Å². The van der Waals surface area contributed by atoms with E-state index in [1.165, 1.54) is 16.8 Å². The van der Waals surface area contributed by atoms with Gasteiger partial charge in [0.15, 0.2) is 0 Å². The van der Waals surface area contributed by atoms with Crippen molar-refractivity contribution in [1.29, 1.82) is 0 Å². The van der Waals surface area contributed by atoms with Crippen LogP contribution in [-0.2, 0) is 0 Å². The van der Waals surface area contributed by atoms with Crippen molar-refractivity contribution >= 4 is 23.4 Å². The van der Waals surface area contributed by atoms with Crippen molar-refractivity contribution in [1.82, 2.24) is 9.78 Å². The van der Waals surface area contributed by atoms with E-state index < -0.39 is 0 Å². The Kier molecular flexibility index (Phi) is 7.11. The molecule has 4 rings (SSSR count). The van der Waals surface area contributed by atoms with Crippen LogP contribution >= 0.6 is 0 Å². The quantitative estimate of drug-likeness (QED) is 0.410. The fourth-order valence-corrected chi connectivity index (χ4v) is 4.45. The van der Waals surface area contributed by atoms with Gasteiger partial charge in [-0.05, 0) is 82.0 Å². The van der Waals surface area contributed by atoms with E-state index in [1.807, 2.05) is 24.6 Å². The van der Waals surface area contributed by atoms with E-state index in [0.29, 0.717) is 5.96 Å². The van der Waals surface area contributed by atoms with Gasteiger partial charge in [0.1, 0.15) is 5.71 Å². The van der Waals surface area contributed by atoms with Gasteiger partial charge in [0.2, 0.25) is 0 Å². The summed E-state index contributed by atoms with van der Waals surface area (Å²) in [4.78, 5) is 12.3. The molecule has 0 radical (unpaired) electrons. The highest BCUT2D eigenvalue weighted by Crippen LogP contribution is 2.26. The monoisotopic (exact) mass is 453 g/mol. The predicted octanol–water partition coefficient (Wildman–Crippen LogP) is 6.49. The molecule has 0 atom stereocenters. The zero-order chi connectivity index (χ0) is 24.2. The molecule has 0 N–H and O–H groups in total. The van der Waals surface area contributed by atoms with Gasteiger partial charge < -0.3 is 4.90 Å². The number of aliphatic imine (C=N–C) groups is 2. The summed E-state index contributed by atoms with van der Waals surface area (Å²) in [5, 5.41) is 4.61. The summed E-state index contributed by atoms with van der Waals surface area (Å²) in [6.07, 6.45) is 4.44. The lowest BCUT2D eigenvalue weighted by Gasteiger charge is -2.24. The van der Waals surface area contributed by atoms with Gasteiger partial charge in [-0.2, -0.15) is 5.10 Å². The van der Waals surface area contributed by atoms with Crippen LogP contribution in [0.2, 0.25) is 0 Å². The Bertz CT molecular complexity index is 1270. The second kappa shape index (κ2) is 10.2. The van der Waals surface area contributed by atoms with Crippen LogP contribution in [0.4, 0.5) is 5.69 Å². The first-order valence-electron chi connectivity index (χ1n) is 12.2. The van der Waals surface area contributed by atoms with Gasteiger partial charge >= 0.3 is 0 Å². The Morgan fingerprint density at radius 1 is 0.882 bits per heavy atom. The van der Waals surface area contributed by atoms with Crippen LogP contribution in [0.25, 0.3) is 6.08 Å². The number of allylic oxidation sites excluding steroid dienone is 1. The molecule has 0 fully saturated rings. The van der Waals surface area contributed by atoms with E-state index in [-0.39, 0.29) is 0 Å². The fourth-order valence-electron chi connectivity index (χ4n) is 4.45. The molecule has 0 saturated carbocycles. The van der Waals surface area contributed by atoms with E-state index in [0.717, 1.165) is 59.9 Å². The third-order valence-corrected chi connectivity index (χ3v) is 6.06. The largest absolute Gasteiger partial charge is 0.372 e. The highest BCUT2D eigenvalue weighted by Gasteiger charge is 2.22. The van der Waals surface area contributed by atoms with Gasteiger partial charge in [-0.25, -0.2) is 14.7 Å². The molecule has 2 aromatic carbocycles. The van der Waals surface area contributed by atoms with Gasteiger partial charge in [-0.15, -0.1) is 0 Å². The molecule has 0 amide bonds. The van der Waals surface area contributed by atoms with Crippen LogP contribution in [0.5, 0.6) is 0 Å². The number of aryl methyl sites for hydroxylation is 4. The van der Waals surface area contributed by atoms with Gasteiger partial charge in [0, 0.05) is 30.0 Å². The van der Waals surface area contributed by atoms with E-state index in [2.05, 4.69) is 86.2 Å². The number of aromatic nitrogens is 2. The van der Waals surface area contributed by atoms with Crippen molar-refractivity contribution in [2.75, 3.05) is 18.0 Å². The summed E-state index contributed by atoms with van der Waals surface area (Å²) in [5.74, 6) is 0.611. The summed E-state index contributed by atoms with van der Waals surface area (Å²) in [6.45, 7) is 14.9. The minimum Gasteiger partial charge on any atom is -0.372 e. The number of rotatable bonds is 7. The number of nitrogens with zero attached hydrogens (tertiary/aromatic N) is 5. The number of hydrogen-bond donors (Lipinski definition) is 0. The summed E-state index contributed by atoms with van der Waals surface area (Å²) in [5.41, 5.74) is 9.68. The smallest absolute Gasteiger partial charge is 0.252 e. The second-order valence-corrected chi connectivity index (χ2v) is 9.14. The zero-order valence-corrected chi connectivity index (χ0v) is 21.3. The van der Waals surface area contributed by atoms with Crippen molar-refractivity contribution in [3.05, 3.63) is 87.9 Å². The molecule has 3 aromatic rings. The lowest BCUT2D eigenvalue weighted by Crippen LogP contribution is -2.24. The van der Waals surface area contributed by atoms with Crippen molar-refractivity contribution in [3.63, 3.8) is 0 Å². The maximum Gasteiger partial charge on any atom is 0.252 e. The standard InChI is InChI=1S/C29H35N5/c1-7-14-33(15-8-2)26-13-12-24(21(4)17-26)19-27-28(25-11-9-10-20(3)16-25)31-29(30-27)34-23(6)18-22(5)32-34/h9-13,16-19H,7-8,14-15H2,1-6H3. The van der Waals surface area contributed by atoms with Crippen molar-refractivity contribution in [3.8, 4) is 0 Å². The molecule has 0 bridgehead atoms. The molecule has 5 heteroatoms. The zero-order valence-electron chi connectivity index (χ0n) is 21.3. The first-order valence-corrected chi connectivity index (χ1v) is 12.2. The summed E-state index contributed by atoms with van der Waals surface area (Å²) in [6, 6.07) is 17.2. The summed E-state index contributed by atoms with van der Waals surface area (Å²) >= 11 is 0. The topological polar surface area (TPSA) is 45.8 Å². The third-order valence-electron chi connectivity index (χ3n) is 6.06. The van der Waals surface area contributed by atoms with Crippen molar-refractivity contribution < 1.29 is 0 Å². The van der Waals surface area contributed by atoms with Gasteiger partial charge in [0.05, 0.1) is 11.4 Å². The van der Waals surface area contributed by atoms with E-state index >= 15 is 0 Å². The van der Waals surface area contributed by atoms with Crippen LogP contribution < -0.4 is 4.90 Å². The molecular formula is C29H35N5. The molecule has 5 nitrogen and oxygen atoms in total. The first kappa shape index (κ1) is 23.7. The Morgan fingerprint density at radius 2 is 1.65 bits per heavy atom. The van der Waals surface area contributed by atoms with Gasteiger partial charge in [0.25, 0.3) is 5.96 Å². The summed E-state index contributed by atoms with van der Waals surface area (Å²) < 4.78 is 1.83. The average Bonchev–Trinajstić information content (AvgIpc) is 3.37. The minimum absolute atomic E-state index is 0.611. The SMILES string of the molecule is CCCN(CCC)c1ccc(C=C2N=C(n3nc(C)cc3C)N=C2c2cccc(C)c2)c(C)c1. The Labute approximate surface area is 203 Å². The fraction of sp³-hybridized carbons (Fsp3) is 0.345. The molecule has 2 heterocycles. The maximum absolute atomic E-state index is 4.94. The molecule has 34 heavy (non-hydrogen) atoms. The van der Waals surface area contributed by atoms with Gasteiger partial charge in [-0.3, -0.25) is 0 Å². The van der Waals surface area contributed by atoms with E-state index in [4.69, 9.17) is 9.98 Å². The normalized spacial score (nSPS) is 14.5. The van der Waals surface area contributed by atoms with Crippen LogP contribution in [0.1, 0.15) is 60.3 Å². The molecule has 1 aliphatic rings. The Balaban J connectivity index is 1.76. The predicted molar refractivity (Wildman–Crippen MR) is 144 cm³/mol. The lowest BCUT2D eigenvalue weighted by atomic mass is 10.0. The molecule has 1 aromatic heterocycles. The number of benzene rings is 2. The summed E-state index contributed by atoms with van der Waals surface area (Å²) in [7, 11) is 0. The molecule has 0 spiro atoms. The Hall–Kier alpha value is -3.47. The van der Waals surface area contributed by atoms with Gasteiger partial charge in [-0.1, -0.05) is 43.7 Å².